The van der Waals surface area contributed by atoms with Crippen LogP contribution >= 0.6 is 11.3 Å². The van der Waals surface area contributed by atoms with Gasteiger partial charge in [-0.15, -0.1) is 11.3 Å². The Bertz CT molecular complexity index is 987. The van der Waals surface area contributed by atoms with Gasteiger partial charge in [-0.1, -0.05) is 24.3 Å². The van der Waals surface area contributed by atoms with Gasteiger partial charge in [-0.25, -0.2) is 13.8 Å². The molecular weight excluding hydrogens is 372 g/mol. The van der Waals surface area contributed by atoms with E-state index in [2.05, 4.69) is 15.6 Å². The summed E-state index contributed by atoms with van der Waals surface area (Å²) in [5.41, 5.74) is 2.19. The van der Waals surface area contributed by atoms with E-state index in [1.165, 1.54) is 18.3 Å². The average Bonchev–Trinajstić information content (AvgIpc) is 3.08. The topological polar surface area (TPSA) is 71.1 Å². The zero-order valence-corrected chi connectivity index (χ0v) is 15.1. The summed E-state index contributed by atoms with van der Waals surface area (Å²) in [4.78, 5) is 27.4. The molecule has 3 rings (SSSR count). The van der Waals surface area contributed by atoms with Crippen molar-refractivity contribution in [1.29, 1.82) is 0 Å². The minimum atomic E-state index is -0.931. The van der Waals surface area contributed by atoms with Gasteiger partial charge in [0.25, 0.3) is 5.91 Å². The summed E-state index contributed by atoms with van der Waals surface area (Å²) in [5, 5.41) is 7.30. The van der Waals surface area contributed by atoms with Gasteiger partial charge in [-0.2, -0.15) is 0 Å². The molecule has 8 heteroatoms. The molecular formula is C19H15F2N3O2S. The highest BCUT2D eigenvalue weighted by molar-refractivity contribution is 7.14. The van der Waals surface area contributed by atoms with E-state index in [1.807, 2.05) is 24.3 Å². The number of nitrogens with one attached hydrogen (secondary N) is 2. The molecule has 0 spiro atoms. The van der Waals surface area contributed by atoms with Crippen molar-refractivity contribution in [1.82, 2.24) is 10.3 Å². The summed E-state index contributed by atoms with van der Waals surface area (Å²) in [7, 11) is 0. The summed E-state index contributed by atoms with van der Waals surface area (Å²) >= 11 is 1.20. The minimum Gasteiger partial charge on any atom is -0.352 e. The number of carbonyl (C=O) groups excluding carboxylic acids is 2. The van der Waals surface area contributed by atoms with E-state index in [9.17, 15) is 18.4 Å². The Morgan fingerprint density at radius 2 is 1.85 bits per heavy atom. The van der Waals surface area contributed by atoms with Crippen LogP contribution in [-0.4, -0.2) is 16.8 Å². The van der Waals surface area contributed by atoms with Gasteiger partial charge in [0.1, 0.15) is 11.6 Å². The summed E-state index contributed by atoms with van der Waals surface area (Å²) in [5.74, 6) is -2.47. The van der Waals surface area contributed by atoms with Crippen molar-refractivity contribution < 1.29 is 18.4 Å². The fourth-order valence-electron chi connectivity index (χ4n) is 2.32. The van der Waals surface area contributed by atoms with Crippen LogP contribution in [0.1, 0.15) is 22.8 Å². The molecule has 27 heavy (non-hydrogen) atoms. The molecule has 0 saturated carbocycles. The first-order chi connectivity index (χ1) is 12.9. The van der Waals surface area contributed by atoms with E-state index in [1.54, 1.807) is 5.38 Å². The molecule has 138 valence electrons. The largest absolute Gasteiger partial charge is 0.352 e. The molecule has 2 aromatic carbocycles. The van der Waals surface area contributed by atoms with Crippen molar-refractivity contribution in [2.24, 2.45) is 0 Å². The predicted molar refractivity (Wildman–Crippen MR) is 99.4 cm³/mol. The number of carbonyl (C=O) groups is 2. The number of hydrogen-bond donors (Lipinski definition) is 2. The molecule has 0 aliphatic rings. The highest BCUT2D eigenvalue weighted by Gasteiger charge is 2.14. The second kappa shape index (κ2) is 8.05. The molecule has 0 radical (unpaired) electrons. The van der Waals surface area contributed by atoms with E-state index in [0.717, 1.165) is 23.3 Å². The van der Waals surface area contributed by atoms with Crippen LogP contribution in [0.4, 0.5) is 13.9 Å². The average molecular weight is 387 g/mol. The highest BCUT2D eigenvalue weighted by Crippen LogP contribution is 2.25. The zero-order valence-electron chi connectivity index (χ0n) is 14.3. The van der Waals surface area contributed by atoms with Crippen molar-refractivity contribution in [3.63, 3.8) is 0 Å². The SMILES string of the molecule is CC(=O)NCc1ccc(-c2csc(NC(=O)c3ccc(F)cc3F)n2)cc1. The molecule has 0 saturated heterocycles. The van der Waals surface area contributed by atoms with Crippen molar-refractivity contribution in [2.45, 2.75) is 13.5 Å². The summed E-state index contributed by atoms with van der Waals surface area (Å²) in [6.45, 7) is 1.90. The van der Waals surface area contributed by atoms with Crippen LogP contribution in [0.5, 0.6) is 0 Å². The number of rotatable bonds is 5. The monoisotopic (exact) mass is 387 g/mol. The number of halogens is 2. The Hall–Kier alpha value is -3.13. The number of amides is 2. The summed E-state index contributed by atoms with van der Waals surface area (Å²) < 4.78 is 26.6. The van der Waals surface area contributed by atoms with E-state index < -0.39 is 17.5 Å². The maximum absolute atomic E-state index is 13.7. The maximum Gasteiger partial charge on any atom is 0.260 e. The third kappa shape index (κ3) is 4.73. The fraction of sp³-hybridized carbons (Fsp3) is 0.105. The number of benzene rings is 2. The predicted octanol–water partition coefficient (Wildman–Crippen LogP) is 3.98. The normalized spacial score (nSPS) is 10.5. The fourth-order valence-corrected chi connectivity index (χ4v) is 3.04. The lowest BCUT2D eigenvalue weighted by atomic mass is 10.1. The third-order valence-corrected chi connectivity index (χ3v) is 4.45. The van der Waals surface area contributed by atoms with Crippen LogP contribution in [0.25, 0.3) is 11.3 Å². The van der Waals surface area contributed by atoms with Crippen LogP contribution in [0.3, 0.4) is 0 Å². The molecule has 0 unspecified atom stereocenters. The minimum absolute atomic E-state index is 0.100. The van der Waals surface area contributed by atoms with Gasteiger partial charge in [-0.3, -0.25) is 14.9 Å². The molecule has 0 aliphatic carbocycles. The number of hydrogen-bond acceptors (Lipinski definition) is 4. The van der Waals surface area contributed by atoms with Gasteiger partial charge in [0.15, 0.2) is 5.13 Å². The standard InChI is InChI=1S/C19H15F2N3O2S/c1-11(25)22-9-12-2-4-13(5-3-12)17-10-27-19(23-17)24-18(26)15-7-6-14(20)8-16(15)21/h2-8,10H,9H2,1H3,(H,22,25)(H,23,24,26). The molecule has 1 heterocycles. The van der Waals surface area contributed by atoms with Gasteiger partial charge in [0.2, 0.25) is 5.91 Å². The van der Waals surface area contributed by atoms with Crippen molar-refractivity contribution >= 4 is 28.3 Å². The Balaban J connectivity index is 1.69. The van der Waals surface area contributed by atoms with Gasteiger partial charge in [0, 0.05) is 30.5 Å². The van der Waals surface area contributed by atoms with Gasteiger partial charge in [0.05, 0.1) is 11.3 Å². The van der Waals surface area contributed by atoms with Gasteiger partial charge < -0.3 is 5.32 Å². The molecule has 3 aromatic rings. The van der Waals surface area contributed by atoms with Crippen LogP contribution in [-0.2, 0) is 11.3 Å². The Labute approximate surface area is 158 Å². The van der Waals surface area contributed by atoms with Crippen LogP contribution < -0.4 is 10.6 Å². The smallest absolute Gasteiger partial charge is 0.260 e. The lowest BCUT2D eigenvalue weighted by Gasteiger charge is -2.04. The molecule has 5 nitrogen and oxygen atoms in total. The van der Waals surface area contributed by atoms with E-state index in [-0.39, 0.29) is 11.5 Å². The molecule has 2 N–H and O–H groups in total. The molecule has 0 atom stereocenters. The van der Waals surface area contributed by atoms with Gasteiger partial charge in [-0.05, 0) is 17.7 Å². The first-order valence-electron chi connectivity index (χ1n) is 7.98. The number of anilines is 1. The quantitative estimate of drug-likeness (QED) is 0.696. The lowest BCUT2D eigenvalue weighted by Crippen LogP contribution is -2.18. The molecule has 2 amide bonds. The molecule has 0 bridgehead atoms. The van der Waals surface area contributed by atoms with E-state index >= 15 is 0 Å². The second-order valence-corrected chi connectivity index (χ2v) is 6.58. The number of thiazole rings is 1. The number of nitrogens with zero attached hydrogens (tertiary/aromatic N) is 1. The maximum atomic E-state index is 13.7. The van der Waals surface area contributed by atoms with E-state index in [0.29, 0.717) is 23.4 Å². The second-order valence-electron chi connectivity index (χ2n) is 5.72. The molecule has 0 aliphatic heterocycles. The summed E-state index contributed by atoms with van der Waals surface area (Å²) in [6.07, 6.45) is 0. The Morgan fingerprint density at radius 3 is 2.52 bits per heavy atom. The summed E-state index contributed by atoms with van der Waals surface area (Å²) in [6, 6.07) is 10.2. The Morgan fingerprint density at radius 1 is 1.11 bits per heavy atom. The van der Waals surface area contributed by atoms with Crippen LogP contribution in [0.2, 0.25) is 0 Å². The van der Waals surface area contributed by atoms with E-state index in [4.69, 9.17) is 0 Å². The van der Waals surface area contributed by atoms with Crippen LogP contribution in [0.15, 0.2) is 47.8 Å². The van der Waals surface area contributed by atoms with Crippen LogP contribution in [0, 0.1) is 11.6 Å². The molecule has 0 fully saturated rings. The first kappa shape index (κ1) is 18.7. The van der Waals surface area contributed by atoms with Gasteiger partial charge >= 0.3 is 0 Å². The van der Waals surface area contributed by atoms with Crippen molar-refractivity contribution in [3.8, 4) is 11.3 Å². The highest BCUT2D eigenvalue weighted by atomic mass is 32.1. The van der Waals surface area contributed by atoms with Crippen molar-refractivity contribution in [3.05, 3.63) is 70.6 Å². The number of aromatic nitrogens is 1. The molecule has 1 aromatic heterocycles. The Kier molecular flexibility index (Phi) is 5.56. The third-order valence-electron chi connectivity index (χ3n) is 3.69. The first-order valence-corrected chi connectivity index (χ1v) is 8.86. The van der Waals surface area contributed by atoms with Crippen molar-refractivity contribution in [2.75, 3.05) is 5.32 Å². The lowest BCUT2D eigenvalue weighted by molar-refractivity contribution is -0.119. The zero-order chi connectivity index (χ0) is 19.4.